The molecule has 0 radical (unpaired) electrons. The molecular weight excluding hydrogens is 224 g/mol. The van der Waals surface area contributed by atoms with Gasteiger partial charge in [0.1, 0.15) is 0 Å². The van der Waals surface area contributed by atoms with Crippen molar-refractivity contribution in [1.82, 2.24) is 5.32 Å². The van der Waals surface area contributed by atoms with Crippen molar-refractivity contribution in [3.8, 4) is 0 Å². The molecule has 2 unspecified atom stereocenters. The highest BCUT2D eigenvalue weighted by molar-refractivity contribution is 7.09. The van der Waals surface area contributed by atoms with Crippen molar-refractivity contribution in [2.75, 3.05) is 19.8 Å². The fourth-order valence-electron chi connectivity index (χ4n) is 1.74. The third kappa shape index (κ3) is 2.81. The normalized spacial score (nSPS) is 24.6. The second-order valence-electron chi connectivity index (χ2n) is 3.93. The predicted molar refractivity (Wildman–Crippen MR) is 63.3 cm³/mol. The standard InChI is InChI=1S/C11H16N2O2S/c12-10-7-15-6-9(10)11(14)13-4-3-8-2-1-5-16-8/h1-2,5,9-10H,3-4,6-7,12H2,(H,13,14). The lowest BCUT2D eigenvalue weighted by Crippen LogP contribution is -2.41. The van der Waals surface area contributed by atoms with E-state index in [4.69, 9.17) is 10.5 Å². The van der Waals surface area contributed by atoms with E-state index in [0.29, 0.717) is 19.8 Å². The van der Waals surface area contributed by atoms with Crippen LogP contribution in [-0.4, -0.2) is 31.7 Å². The van der Waals surface area contributed by atoms with E-state index >= 15 is 0 Å². The molecule has 5 heteroatoms. The molecule has 0 saturated carbocycles. The Kier molecular flexibility index (Phi) is 3.93. The van der Waals surface area contributed by atoms with Crippen LogP contribution in [0.3, 0.4) is 0 Å². The molecule has 4 nitrogen and oxygen atoms in total. The van der Waals surface area contributed by atoms with Gasteiger partial charge in [-0.05, 0) is 17.9 Å². The molecule has 2 heterocycles. The number of carbonyl (C=O) groups excluding carboxylic acids is 1. The van der Waals surface area contributed by atoms with Crippen LogP contribution < -0.4 is 11.1 Å². The number of nitrogens with two attached hydrogens (primary N) is 1. The number of rotatable bonds is 4. The first kappa shape index (κ1) is 11.6. The summed E-state index contributed by atoms with van der Waals surface area (Å²) in [5.41, 5.74) is 5.76. The van der Waals surface area contributed by atoms with Gasteiger partial charge in [-0.3, -0.25) is 4.79 Å². The van der Waals surface area contributed by atoms with Gasteiger partial charge in [0.2, 0.25) is 5.91 Å². The number of amides is 1. The summed E-state index contributed by atoms with van der Waals surface area (Å²) in [6.45, 7) is 1.61. The zero-order chi connectivity index (χ0) is 11.4. The first-order valence-corrected chi connectivity index (χ1v) is 6.29. The average molecular weight is 240 g/mol. The SMILES string of the molecule is NC1COCC1C(=O)NCCc1cccs1. The van der Waals surface area contributed by atoms with Crippen LogP contribution in [-0.2, 0) is 16.0 Å². The molecule has 3 N–H and O–H groups in total. The van der Waals surface area contributed by atoms with E-state index < -0.39 is 0 Å². The summed E-state index contributed by atoms with van der Waals surface area (Å²) in [5, 5.41) is 4.94. The smallest absolute Gasteiger partial charge is 0.227 e. The molecule has 88 valence electrons. The summed E-state index contributed by atoms with van der Waals surface area (Å²) in [7, 11) is 0. The summed E-state index contributed by atoms with van der Waals surface area (Å²) in [4.78, 5) is 13.0. The quantitative estimate of drug-likeness (QED) is 0.799. The lowest BCUT2D eigenvalue weighted by molar-refractivity contribution is -0.125. The highest BCUT2D eigenvalue weighted by Gasteiger charge is 2.30. The van der Waals surface area contributed by atoms with Gasteiger partial charge in [-0.15, -0.1) is 11.3 Å². The Morgan fingerprint density at radius 1 is 1.62 bits per heavy atom. The van der Waals surface area contributed by atoms with Crippen LogP contribution in [0.25, 0.3) is 0 Å². The molecular formula is C11H16N2O2S. The van der Waals surface area contributed by atoms with Crippen molar-refractivity contribution >= 4 is 17.2 Å². The van der Waals surface area contributed by atoms with Gasteiger partial charge >= 0.3 is 0 Å². The molecule has 1 aromatic heterocycles. The molecule has 16 heavy (non-hydrogen) atoms. The van der Waals surface area contributed by atoms with E-state index in [0.717, 1.165) is 6.42 Å². The number of hydrogen-bond donors (Lipinski definition) is 2. The molecule has 1 aromatic rings. The number of ether oxygens (including phenoxy) is 1. The Labute approximate surface area is 98.8 Å². The first-order chi connectivity index (χ1) is 7.77. The number of nitrogens with one attached hydrogen (secondary N) is 1. The maximum atomic E-state index is 11.7. The molecule has 2 atom stereocenters. The molecule has 1 fully saturated rings. The van der Waals surface area contributed by atoms with Gasteiger partial charge in [0, 0.05) is 17.5 Å². The van der Waals surface area contributed by atoms with Crippen molar-refractivity contribution in [3.05, 3.63) is 22.4 Å². The summed E-state index contributed by atoms with van der Waals surface area (Å²) in [5.74, 6) is -0.162. The van der Waals surface area contributed by atoms with Gasteiger partial charge in [-0.2, -0.15) is 0 Å². The van der Waals surface area contributed by atoms with Crippen molar-refractivity contribution < 1.29 is 9.53 Å². The second-order valence-corrected chi connectivity index (χ2v) is 4.96. The van der Waals surface area contributed by atoms with Gasteiger partial charge in [0.05, 0.1) is 19.1 Å². The largest absolute Gasteiger partial charge is 0.379 e. The highest BCUT2D eigenvalue weighted by Crippen LogP contribution is 2.12. The Balaban J connectivity index is 1.71. The lowest BCUT2D eigenvalue weighted by atomic mass is 10.0. The van der Waals surface area contributed by atoms with Gasteiger partial charge in [-0.25, -0.2) is 0 Å². The topological polar surface area (TPSA) is 64.3 Å². The summed E-state index contributed by atoms with van der Waals surface area (Å²) < 4.78 is 5.16. The Bertz CT molecular complexity index is 340. The van der Waals surface area contributed by atoms with Crippen molar-refractivity contribution in [1.29, 1.82) is 0 Å². The molecule has 1 aliphatic rings. The van der Waals surface area contributed by atoms with E-state index in [1.165, 1.54) is 4.88 Å². The molecule has 0 aliphatic carbocycles. The van der Waals surface area contributed by atoms with Crippen LogP contribution >= 0.6 is 11.3 Å². The van der Waals surface area contributed by atoms with E-state index in [1.54, 1.807) is 11.3 Å². The van der Waals surface area contributed by atoms with E-state index in [9.17, 15) is 4.79 Å². The lowest BCUT2D eigenvalue weighted by Gasteiger charge is -2.12. The van der Waals surface area contributed by atoms with Crippen LogP contribution in [0.2, 0.25) is 0 Å². The van der Waals surface area contributed by atoms with Crippen LogP contribution in [0.15, 0.2) is 17.5 Å². The maximum absolute atomic E-state index is 11.7. The third-order valence-electron chi connectivity index (χ3n) is 2.71. The third-order valence-corrected chi connectivity index (χ3v) is 3.65. The minimum atomic E-state index is -0.177. The van der Waals surface area contributed by atoms with Crippen LogP contribution in [0.4, 0.5) is 0 Å². The molecule has 1 saturated heterocycles. The monoisotopic (exact) mass is 240 g/mol. The Hall–Kier alpha value is -0.910. The average Bonchev–Trinajstić information content (AvgIpc) is 2.88. The van der Waals surface area contributed by atoms with Gasteiger partial charge in [0.15, 0.2) is 0 Å². The van der Waals surface area contributed by atoms with E-state index in [1.807, 2.05) is 11.4 Å². The minimum absolute atomic E-state index is 0.0153. The number of carbonyl (C=O) groups is 1. The predicted octanol–water partition coefficient (Wildman–Crippen LogP) is 0.381. The van der Waals surface area contributed by atoms with E-state index in [-0.39, 0.29) is 17.9 Å². The Morgan fingerprint density at radius 3 is 3.12 bits per heavy atom. The van der Waals surface area contributed by atoms with Crippen molar-refractivity contribution in [2.45, 2.75) is 12.5 Å². The van der Waals surface area contributed by atoms with Crippen molar-refractivity contribution in [2.24, 2.45) is 11.7 Å². The zero-order valence-electron chi connectivity index (χ0n) is 9.02. The zero-order valence-corrected chi connectivity index (χ0v) is 9.83. The van der Waals surface area contributed by atoms with Crippen LogP contribution in [0, 0.1) is 5.92 Å². The maximum Gasteiger partial charge on any atom is 0.227 e. The molecule has 2 rings (SSSR count). The van der Waals surface area contributed by atoms with Gasteiger partial charge in [0.25, 0.3) is 0 Å². The first-order valence-electron chi connectivity index (χ1n) is 5.41. The highest BCUT2D eigenvalue weighted by atomic mass is 32.1. The fraction of sp³-hybridized carbons (Fsp3) is 0.545. The summed E-state index contributed by atoms with van der Waals surface area (Å²) >= 11 is 1.71. The fourth-order valence-corrected chi connectivity index (χ4v) is 2.44. The van der Waals surface area contributed by atoms with Gasteiger partial charge in [-0.1, -0.05) is 6.07 Å². The molecule has 1 amide bonds. The molecule has 0 aromatic carbocycles. The summed E-state index contributed by atoms with van der Waals surface area (Å²) in [6.07, 6.45) is 0.881. The molecule has 1 aliphatic heterocycles. The Morgan fingerprint density at radius 2 is 2.50 bits per heavy atom. The number of thiophene rings is 1. The second kappa shape index (κ2) is 5.43. The van der Waals surface area contributed by atoms with Gasteiger partial charge < -0.3 is 15.8 Å². The van der Waals surface area contributed by atoms with Crippen LogP contribution in [0.5, 0.6) is 0 Å². The van der Waals surface area contributed by atoms with Crippen molar-refractivity contribution in [3.63, 3.8) is 0 Å². The van der Waals surface area contributed by atoms with E-state index in [2.05, 4.69) is 11.4 Å². The molecule has 0 bridgehead atoms. The van der Waals surface area contributed by atoms with Crippen LogP contribution in [0.1, 0.15) is 4.88 Å². The minimum Gasteiger partial charge on any atom is -0.379 e. The number of hydrogen-bond acceptors (Lipinski definition) is 4. The molecule has 0 spiro atoms. The summed E-state index contributed by atoms with van der Waals surface area (Å²) in [6, 6.07) is 3.94.